The Hall–Kier alpha value is -3.35. The number of rotatable bonds is 8. The molecule has 2 heterocycles. The highest BCUT2D eigenvalue weighted by molar-refractivity contribution is 6.00. The minimum atomic E-state index is -0.657. The van der Waals surface area contributed by atoms with E-state index in [4.69, 9.17) is 23.7 Å². The van der Waals surface area contributed by atoms with Gasteiger partial charge in [-0.2, -0.15) is 0 Å². The first-order valence-corrected chi connectivity index (χ1v) is 11.3. The van der Waals surface area contributed by atoms with Crippen molar-refractivity contribution in [3.63, 3.8) is 0 Å². The molecule has 0 radical (unpaired) electrons. The van der Waals surface area contributed by atoms with Crippen LogP contribution in [0.5, 0.6) is 23.0 Å². The minimum Gasteiger partial charge on any atom is -0.491 e. The molecule has 33 heavy (non-hydrogen) atoms. The smallest absolute Gasteiger partial charge is 0.340 e. The summed E-state index contributed by atoms with van der Waals surface area (Å²) in [5, 5.41) is 0. The quantitative estimate of drug-likeness (QED) is 0.524. The van der Waals surface area contributed by atoms with Gasteiger partial charge in [-0.25, -0.2) is 4.79 Å². The topological polar surface area (TPSA) is 66.5 Å². The zero-order valence-electron chi connectivity index (χ0n) is 19.8. The molecule has 7 nitrogen and oxygen atoms in total. The molecule has 0 spiro atoms. The normalized spacial score (nSPS) is 16.4. The molecule has 0 aromatic heterocycles. The predicted molar refractivity (Wildman–Crippen MR) is 125 cm³/mol. The SMILES string of the molecule is CCCCN(C)C1=C(C(=O)OC)C(c2ccc3c(c2)OCO3)Oc2ccc(OC(C)C)cc21. The number of benzene rings is 2. The lowest BCUT2D eigenvalue weighted by Crippen LogP contribution is -2.30. The molecule has 7 heteroatoms. The van der Waals surface area contributed by atoms with Crippen LogP contribution in [0.15, 0.2) is 42.0 Å². The summed E-state index contributed by atoms with van der Waals surface area (Å²) in [6.07, 6.45) is 1.40. The van der Waals surface area contributed by atoms with E-state index >= 15 is 0 Å². The molecule has 176 valence electrons. The second-order valence-electron chi connectivity index (χ2n) is 8.46. The monoisotopic (exact) mass is 453 g/mol. The Morgan fingerprint density at radius 3 is 2.61 bits per heavy atom. The van der Waals surface area contributed by atoms with Crippen LogP contribution in [-0.4, -0.2) is 44.5 Å². The molecule has 0 saturated carbocycles. The number of carbonyl (C=O) groups is 1. The van der Waals surface area contributed by atoms with E-state index in [-0.39, 0.29) is 12.9 Å². The summed E-state index contributed by atoms with van der Waals surface area (Å²) < 4.78 is 28.6. The summed E-state index contributed by atoms with van der Waals surface area (Å²) in [5.74, 6) is 2.28. The van der Waals surface area contributed by atoms with Gasteiger partial charge in [-0.1, -0.05) is 19.4 Å². The van der Waals surface area contributed by atoms with E-state index < -0.39 is 12.1 Å². The Balaban J connectivity index is 1.88. The highest BCUT2D eigenvalue weighted by Gasteiger charge is 2.37. The average molecular weight is 454 g/mol. The Kier molecular flexibility index (Phi) is 6.67. The zero-order chi connectivity index (χ0) is 23.5. The van der Waals surface area contributed by atoms with Crippen LogP contribution in [0, 0.1) is 0 Å². The Morgan fingerprint density at radius 1 is 1.12 bits per heavy atom. The molecule has 4 rings (SSSR count). The highest BCUT2D eigenvalue weighted by atomic mass is 16.7. The standard InChI is InChI=1S/C26H31NO6/c1-6-7-12-27(4)24-19-14-18(32-16(2)3)9-11-20(19)33-25(23(24)26(28)29-5)17-8-10-21-22(13-17)31-15-30-21/h8-11,13-14,16,25H,6-7,12,15H2,1-5H3. The van der Waals surface area contributed by atoms with E-state index in [1.165, 1.54) is 7.11 Å². The van der Waals surface area contributed by atoms with Crippen molar-refractivity contribution in [1.29, 1.82) is 0 Å². The third-order valence-corrected chi connectivity index (χ3v) is 5.67. The molecule has 0 N–H and O–H groups in total. The highest BCUT2D eigenvalue weighted by Crippen LogP contribution is 2.46. The van der Waals surface area contributed by atoms with Crippen LogP contribution < -0.4 is 18.9 Å². The largest absolute Gasteiger partial charge is 0.491 e. The maximum absolute atomic E-state index is 13.2. The minimum absolute atomic E-state index is 0.0271. The fourth-order valence-electron chi connectivity index (χ4n) is 4.14. The fraction of sp³-hybridized carbons (Fsp3) is 0.423. The van der Waals surface area contributed by atoms with Crippen molar-refractivity contribution < 1.29 is 28.5 Å². The first-order chi connectivity index (χ1) is 15.9. The third kappa shape index (κ3) is 4.58. The van der Waals surface area contributed by atoms with E-state index in [0.29, 0.717) is 22.8 Å². The van der Waals surface area contributed by atoms with Gasteiger partial charge in [-0.3, -0.25) is 0 Å². The summed E-state index contributed by atoms with van der Waals surface area (Å²) in [4.78, 5) is 15.3. The lowest BCUT2D eigenvalue weighted by molar-refractivity contribution is -0.137. The maximum atomic E-state index is 13.2. The molecule has 0 saturated heterocycles. The van der Waals surface area contributed by atoms with Gasteiger partial charge in [0.25, 0.3) is 0 Å². The van der Waals surface area contributed by atoms with Crippen molar-refractivity contribution in [1.82, 2.24) is 4.90 Å². The Labute approximate surface area is 194 Å². The number of unbranched alkanes of at least 4 members (excludes halogenated alkanes) is 1. The van der Waals surface area contributed by atoms with Crippen LogP contribution in [0.25, 0.3) is 5.70 Å². The van der Waals surface area contributed by atoms with E-state index in [1.54, 1.807) is 0 Å². The average Bonchev–Trinajstić information content (AvgIpc) is 3.28. The molecule has 1 atom stereocenters. The van der Waals surface area contributed by atoms with E-state index in [0.717, 1.165) is 42.0 Å². The molecule has 1 unspecified atom stereocenters. The van der Waals surface area contributed by atoms with Gasteiger partial charge in [0.05, 0.1) is 18.9 Å². The Morgan fingerprint density at radius 2 is 1.88 bits per heavy atom. The molecular weight excluding hydrogens is 422 g/mol. The van der Waals surface area contributed by atoms with Crippen LogP contribution in [0.1, 0.15) is 50.8 Å². The second-order valence-corrected chi connectivity index (χ2v) is 8.46. The van der Waals surface area contributed by atoms with Crippen molar-refractivity contribution >= 4 is 11.7 Å². The second kappa shape index (κ2) is 9.65. The number of esters is 1. The van der Waals surface area contributed by atoms with Crippen LogP contribution in [0.3, 0.4) is 0 Å². The van der Waals surface area contributed by atoms with Crippen molar-refractivity contribution in [2.45, 2.75) is 45.8 Å². The van der Waals surface area contributed by atoms with Gasteiger partial charge >= 0.3 is 5.97 Å². The van der Waals surface area contributed by atoms with Gasteiger partial charge < -0.3 is 28.6 Å². The first-order valence-electron chi connectivity index (χ1n) is 11.3. The Bertz CT molecular complexity index is 1060. The summed E-state index contributed by atoms with van der Waals surface area (Å²) in [5.41, 5.74) is 2.83. The van der Waals surface area contributed by atoms with Crippen LogP contribution in [-0.2, 0) is 9.53 Å². The van der Waals surface area contributed by atoms with Gasteiger partial charge in [0.15, 0.2) is 17.6 Å². The molecule has 2 aromatic rings. The van der Waals surface area contributed by atoms with Crippen molar-refractivity contribution in [3.8, 4) is 23.0 Å². The van der Waals surface area contributed by atoms with Crippen molar-refractivity contribution in [2.75, 3.05) is 27.5 Å². The lowest BCUT2D eigenvalue weighted by Gasteiger charge is -2.35. The number of nitrogens with zero attached hydrogens (tertiary/aromatic N) is 1. The molecular formula is C26H31NO6. The summed E-state index contributed by atoms with van der Waals surface area (Å²) >= 11 is 0. The fourth-order valence-corrected chi connectivity index (χ4v) is 4.14. The number of fused-ring (bicyclic) bond motifs is 2. The molecule has 2 aliphatic heterocycles. The van der Waals surface area contributed by atoms with Crippen LogP contribution in [0.2, 0.25) is 0 Å². The van der Waals surface area contributed by atoms with Crippen molar-refractivity contribution in [2.24, 2.45) is 0 Å². The molecule has 0 amide bonds. The number of hydrogen-bond acceptors (Lipinski definition) is 7. The van der Waals surface area contributed by atoms with Gasteiger partial charge in [0, 0.05) is 24.7 Å². The third-order valence-electron chi connectivity index (χ3n) is 5.67. The molecule has 0 fully saturated rings. The predicted octanol–water partition coefficient (Wildman–Crippen LogP) is 4.95. The van der Waals surface area contributed by atoms with Crippen LogP contribution >= 0.6 is 0 Å². The van der Waals surface area contributed by atoms with E-state index in [1.807, 2.05) is 57.3 Å². The maximum Gasteiger partial charge on any atom is 0.340 e. The first kappa shape index (κ1) is 22.8. The van der Waals surface area contributed by atoms with Crippen LogP contribution in [0.4, 0.5) is 0 Å². The molecule has 2 aromatic carbocycles. The summed E-state index contributed by atoms with van der Waals surface area (Å²) in [6.45, 7) is 7.07. The summed E-state index contributed by atoms with van der Waals surface area (Å²) in [6, 6.07) is 11.3. The number of carbonyl (C=O) groups excluding carboxylic acids is 1. The lowest BCUT2D eigenvalue weighted by atomic mass is 9.92. The van der Waals surface area contributed by atoms with E-state index in [2.05, 4.69) is 11.8 Å². The number of ether oxygens (including phenoxy) is 5. The summed E-state index contributed by atoms with van der Waals surface area (Å²) in [7, 11) is 3.39. The van der Waals surface area contributed by atoms with E-state index in [9.17, 15) is 4.79 Å². The van der Waals surface area contributed by atoms with Gasteiger partial charge in [0.1, 0.15) is 17.1 Å². The zero-order valence-corrected chi connectivity index (χ0v) is 19.8. The molecule has 2 aliphatic rings. The van der Waals surface area contributed by atoms with Gasteiger partial charge in [0.2, 0.25) is 6.79 Å². The van der Waals surface area contributed by atoms with Crippen molar-refractivity contribution in [3.05, 3.63) is 53.1 Å². The number of methoxy groups -OCH3 is 1. The molecule has 0 aliphatic carbocycles. The molecule has 0 bridgehead atoms. The van der Waals surface area contributed by atoms with Gasteiger partial charge in [-0.05, 0) is 50.6 Å². The van der Waals surface area contributed by atoms with Gasteiger partial charge in [-0.15, -0.1) is 0 Å². The number of hydrogen-bond donors (Lipinski definition) is 0.